The van der Waals surface area contributed by atoms with Gasteiger partial charge in [0.15, 0.2) is 0 Å². The molecule has 0 aliphatic carbocycles. The highest BCUT2D eigenvalue weighted by Gasteiger charge is 2.27. The van der Waals surface area contributed by atoms with Crippen molar-refractivity contribution in [2.75, 3.05) is 19.8 Å². The third kappa shape index (κ3) is 2.30. The van der Waals surface area contributed by atoms with Crippen LogP contribution in [0.3, 0.4) is 0 Å². The first-order chi connectivity index (χ1) is 5.02. The van der Waals surface area contributed by atoms with Crippen LogP contribution in [0, 0.1) is 0 Å². The van der Waals surface area contributed by atoms with Gasteiger partial charge in [-0.1, -0.05) is 0 Å². The molecule has 11 heavy (non-hydrogen) atoms. The number of ether oxygens (including phenoxy) is 1. The van der Waals surface area contributed by atoms with Crippen molar-refractivity contribution >= 4 is 19.9 Å². The molecule has 0 aromatic heterocycles. The van der Waals surface area contributed by atoms with Gasteiger partial charge in [0.25, 0.3) is 9.24 Å². The van der Waals surface area contributed by atoms with Gasteiger partial charge in [-0.3, -0.25) is 0 Å². The van der Waals surface area contributed by atoms with Gasteiger partial charge in [0, 0.05) is 23.3 Å². The van der Waals surface area contributed by atoms with Crippen molar-refractivity contribution in [3.05, 3.63) is 0 Å². The zero-order valence-corrected chi connectivity index (χ0v) is 7.73. The summed E-state index contributed by atoms with van der Waals surface area (Å²) < 4.78 is 27.9. The second kappa shape index (κ2) is 3.26. The van der Waals surface area contributed by atoms with Crippen LogP contribution in [0.25, 0.3) is 0 Å². The van der Waals surface area contributed by atoms with Crippen molar-refractivity contribution in [3.8, 4) is 0 Å². The fraction of sp³-hybridized carbons (Fsp3) is 1.00. The van der Waals surface area contributed by atoms with Crippen molar-refractivity contribution in [2.24, 2.45) is 0 Å². The minimum absolute atomic E-state index is 0.147. The third-order valence-corrected chi connectivity index (χ3v) is 3.22. The second-order valence-electron chi connectivity index (χ2n) is 2.48. The van der Waals surface area contributed by atoms with E-state index in [0.717, 1.165) is 0 Å². The van der Waals surface area contributed by atoms with Crippen LogP contribution in [-0.4, -0.2) is 38.5 Å². The van der Waals surface area contributed by atoms with E-state index in [1.807, 2.05) is 0 Å². The Balaban J connectivity index is 2.70. The highest BCUT2D eigenvalue weighted by molar-refractivity contribution is 8.11. The first kappa shape index (κ1) is 9.25. The van der Waals surface area contributed by atoms with Gasteiger partial charge in [0.1, 0.15) is 0 Å². The molecule has 0 N–H and O–H groups in total. The number of halogens is 1. The molecule has 0 bridgehead atoms. The van der Waals surface area contributed by atoms with Crippen LogP contribution in [0.5, 0.6) is 0 Å². The Labute approximate surface area is 70.6 Å². The zero-order valence-electron chi connectivity index (χ0n) is 6.16. The number of nitrogens with zero attached hydrogens (tertiary/aromatic N) is 1. The van der Waals surface area contributed by atoms with E-state index in [1.165, 1.54) is 4.31 Å². The van der Waals surface area contributed by atoms with Crippen LogP contribution in [0.1, 0.15) is 6.92 Å². The van der Waals surface area contributed by atoms with Crippen molar-refractivity contribution in [1.29, 1.82) is 0 Å². The Morgan fingerprint density at radius 3 is 2.64 bits per heavy atom. The first-order valence-corrected chi connectivity index (χ1v) is 5.57. The quantitative estimate of drug-likeness (QED) is 0.567. The van der Waals surface area contributed by atoms with Gasteiger partial charge in [-0.2, -0.15) is 12.7 Å². The molecule has 4 nitrogen and oxygen atoms in total. The van der Waals surface area contributed by atoms with Gasteiger partial charge in [-0.25, -0.2) is 0 Å². The van der Waals surface area contributed by atoms with E-state index in [0.29, 0.717) is 19.8 Å². The summed E-state index contributed by atoms with van der Waals surface area (Å²) in [5.41, 5.74) is 0. The Morgan fingerprint density at radius 1 is 1.64 bits per heavy atom. The molecule has 0 unspecified atom stereocenters. The van der Waals surface area contributed by atoms with Gasteiger partial charge in [0.2, 0.25) is 0 Å². The smallest absolute Gasteiger partial charge is 0.300 e. The molecule has 66 valence electrons. The maximum absolute atomic E-state index is 10.8. The molecule has 6 heteroatoms. The van der Waals surface area contributed by atoms with Crippen molar-refractivity contribution in [1.82, 2.24) is 4.31 Å². The fourth-order valence-corrected chi connectivity index (χ4v) is 2.43. The minimum atomic E-state index is -3.55. The molecular weight excluding hydrogens is 190 g/mol. The van der Waals surface area contributed by atoms with Crippen LogP contribution in [0.15, 0.2) is 0 Å². The number of hydrogen-bond donors (Lipinski definition) is 0. The van der Waals surface area contributed by atoms with Gasteiger partial charge in [0.05, 0.1) is 13.2 Å². The van der Waals surface area contributed by atoms with E-state index in [-0.39, 0.29) is 6.04 Å². The van der Waals surface area contributed by atoms with Crippen LogP contribution >= 0.6 is 10.7 Å². The first-order valence-electron chi connectivity index (χ1n) is 3.31. The van der Waals surface area contributed by atoms with Gasteiger partial charge in [-0.15, -0.1) is 0 Å². The third-order valence-electron chi connectivity index (χ3n) is 1.59. The van der Waals surface area contributed by atoms with Crippen molar-refractivity contribution in [3.63, 3.8) is 0 Å². The van der Waals surface area contributed by atoms with Gasteiger partial charge >= 0.3 is 0 Å². The molecule has 1 aliphatic heterocycles. The molecule has 1 aliphatic rings. The summed E-state index contributed by atoms with van der Waals surface area (Å²) in [7, 11) is 1.60. The van der Waals surface area contributed by atoms with Crippen molar-refractivity contribution < 1.29 is 13.2 Å². The topological polar surface area (TPSA) is 46.6 Å². The Kier molecular flexibility index (Phi) is 2.74. The van der Waals surface area contributed by atoms with E-state index >= 15 is 0 Å². The molecule has 0 spiro atoms. The molecule has 1 fully saturated rings. The molecular formula is C5H10ClNO3S. The fourth-order valence-electron chi connectivity index (χ4n) is 1.04. The predicted octanol–water partition coefficient (Wildman–Crippen LogP) is 0.191. The van der Waals surface area contributed by atoms with E-state index in [4.69, 9.17) is 15.4 Å². The van der Waals surface area contributed by atoms with Crippen LogP contribution in [0.2, 0.25) is 0 Å². The molecule has 1 saturated heterocycles. The molecule has 1 atom stereocenters. The number of rotatable bonds is 1. The summed E-state index contributed by atoms with van der Waals surface area (Å²) >= 11 is 0. The van der Waals surface area contributed by atoms with E-state index in [9.17, 15) is 8.42 Å². The maximum atomic E-state index is 10.8. The lowest BCUT2D eigenvalue weighted by molar-refractivity contribution is 0.0403. The predicted molar refractivity (Wildman–Crippen MR) is 41.8 cm³/mol. The Hall–Kier alpha value is 0.160. The summed E-state index contributed by atoms with van der Waals surface area (Å²) in [6, 6.07) is -0.147. The molecule has 0 saturated carbocycles. The second-order valence-corrected chi connectivity index (χ2v) is 4.94. The van der Waals surface area contributed by atoms with Crippen molar-refractivity contribution in [2.45, 2.75) is 13.0 Å². The number of hydrogen-bond acceptors (Lipinski definition) is 3. The Morgan fingerprint density at radius 2 is 2.27 bits per heavy atom. The summed E-state index contributed by atoms with van der Waals surface area (Å²) in [6.07, 6.45) is 0. The summed E-state index contributed by atoms with van der Waals surface area (Å²) in [5, 5.41) is 0. The van der Waals surface area contributed by atoms with Gasteiger partial charge in [-0.05, 0) is 6.92 Å². The SMILES string of the molecule is C[C@H]1COCCN1S(=O)(=O)Cl. The lowest BCUT2D eigenvalue weighted by Gasteiger charge is -2.29. The summed E-state index contributed by atoms with van der Waals surface area (Å²) in [5.74, 6) is 0. The Bertz CT molecular complexity index is 228. The minimum Gasteiger partial charge on any atom is -0.378 e. The average Bonchev–Trinajstić information content (AvgIpc) is 1.86. The highest BCUT2D eigenvalue weighted by Crippen LogP contribution is 2.14. The standard InChI is InChI=1S/C5H10ClNO3S/c1-5-4-10-3-2-7(5)11(6,8)9/h5H,2-4H2,1H3/t5-/m0/s1. The van der Waals surface area contributed by atoms with E-state index in [1.54, 1.807) is 6.92 Å². The van der Waals surface area contributed by atoms with Crippen LogP contribution in [0.4, 0.5) is 0 Å². The van der Waals surface area contributed by atoms with Crippen LogP contribution in [-0.2, 0) is 14.0 Å². The molecule has 1 rings (SSSR count). The maximum Gasteiger partial charge on any atom is 0.300 e. The number of morpholine rings is 1. The van der Waals surface area contributed by atoms with Gasteiger partial charge < -0.3 is 4.74 Å². The lowest BCUT2D eigenvalue weighted by Crippen LogP contribution is -2.45. The average molecular weight is 200 g/mol. The normalized spacial score (nSPS) is 28.7. The molecule has 1 heterocycles. The van der Waals surface area contributed by atoms with E-state index < -0.39 is 9.24 Å². The molecule has 0 amide bonds. The molecule has 0 aromatic rings. The molecule has 0 radical (unpaired) electrons. The monoisotopic (exact) mass is 199 g/mol. The lowest BCUT2D eigenvalue weighted by atomic mass is 10.3. The summed E-state index contributed by atoms with van der Waals surface area (Å²) in [6.45, 7) is 2.97. The zero-order chi connectivity index (χ0) is 8.48. The highest BCUT2D eigenvalue weighted by atomic mass is 35.7. The van der Waals surface area contributed by atoms with Crippen LogP contribution < -0.4 is 0 Å². The molecule has 0 aromatic carbocycles. The van der Waals surface area contributed by atoms with E-state index in [2.05, 4.69) is 0 Å². The summed E-state index contributed by atoms with van der Waals surface area (Å²) in [4.78, 5) is 0. The largest absolute Gasteiger partial charge is 0.378 e.